The van der Waals surface area contributed by atoms with Crippen molar-refractivity contribution >= 4 is 11.6 Å². The number of allylic oxidation sites excluding steroid dienone is 2. The number of Topliss-reactive ketones (excluding diaryl/α,β-unsaturated/α-hetero) is 1. The number of carbonyl (C=O) groups excluding carboxylic acids is 1. The minimum Gasteiger partial charge on any atom is -0.493 e. The number of nitrogens with one attached hydrogen (secondary N) is 3. The first kappa shape index (κ1) is 19.0. The first-order valence-corrected chi connectivity index (χ1v) is 9.36. The molecule has 1 aliphatic heterocycles. The van der Waals surface area contributed by atoms with E-state index in [0.717, 1.165) is 5.70 Å². The lowest BCUT2D eigenvalue weighted by molar-refractivity contribution is -0.118. The summed E-state index contributed by atoms with van der Waals surface area (Å²) in [6.45, 7) is 4.05. The summed E-state index contributed by atoms with van der Waals surface area (Å²) in [6, 6.07) is 5.32. The van der Waals surface area contributed by atoms with Gasteiger partial charge in [0.2, 0.25) is 0 Å². The molecule has 2 aliphatic rings. The quantitative estimate of drug-likeness (QED) is 0.732. The SMILES string of the molecule is COc1ccc([C@H]2C3=C(CC(C)(C)CC3=O)Nc3[nH]c(=O)[nH]c(=O)c32)cc1OC. The van der Waals surface area contributed by atoms with Gasteiger partial charge < -0.3 is 14.8 Å². The molecule has 8 nitrogen and oxygen atoms in total. The highest BCUT2D eigenvalue weighted by molar-refractivity contribution is 6.01. The number of anilines is 1. The molecular formula is C21H23N3O5. The van der Waals surface area contributed by atoms with E-state index >= 15 is 0 Å². The number of aromatic nitrogens is 2. The van der Waals surface area contributed by atoms with Gasteiger partial charge >= 0.3 is 5.69 Å². The Morgan fingerprint density at radius 2 is 1.72 bits per heavy atom. The molecule has 2 aromatic rings. The van der Waals surface area contributed by atoms with Crippen molar-refractivity contribution in [3.8, 4) is 11.5 Å². The fourth-order valence-electron chi connectivity index (χ4n) is 4.31. The Balaban J connectivity index is 1.99. The van der Waals surface area contributed by atoms with Gasteiger partial charge in [-0.2, -0.15) is 0 Å². The highest BCUT2D eigenvalue weighted by Gasteiger charge is 2.42. The topological polar surface area (TPSA) is 113 Å². The number of hydrogen-bond acceptors (Lipinski definition) is 6. The fraction of sp³-hybridized carbons (Fsp3) is 0.381. The van der Waals surface area contributed by atoms with E-state index in [-0.39, 0.29) is 11.2 Å². The number of methoxy groups -OCH3 is 2. The van der Waals surface area contributed by atoms with Gasteiger partial charge in [-0.3, -0.25) is 19.6 Å². The third-order valence-corrected chi connectivity index (χ3v) is 5.49. The molecule has 0 saturated heterocycles. The Morgan fingerprint density at radius 1 is 1.00 bits per heavy atom. The minimum atomic E-state index is -0.620. The number of benzene rings is 1. The zero-order chi connectivity index (χ0) is 20.9. The van der Waals surface area contributed by atoms with Crippen LogP contribution >= 0.6 is 0 Å². The molecule has 1 aromatic heterocycles. The number of fused-ring (bicyclic) bond motifs is 1. The maximum atomic E-state index is 13.2. The van der Waals surface area contributed by atoms with Crippen LogP contribution in [-0.4, -0.2) is 30.0 Å². The van der Waals surface area contributed by atoms with Crippen molar-refractivity contribution in [3.05, 3.63) is 61.4 Å². The lowest BCUT2D eigenvalue weighted by atomic mass is 9.69. The number of aromatic amines is 2. The van der Waals surface area contributed by atoms with Crippen molar-refractivity contribution in [2.45, 2.75) is 32.6 Å². The summed E-state index contributed by atoms with van der Waals surface area (Å²) in [5.74, 6) is 0.732. The van der Waals surface area contributed by atoms with Crippen LogP contribution in [0, 0.1) is 5.41 Å². The zero-order valence-electron chi connectivity index (χ0n) is 16.8. The summed E-state index contributed by atoms with van der Waals surface area (Å²) in [5, 5.41) is 3.14. The molecule has 1 aliphatic carbocycles. The van der Waals surface area contributed by atoms with E-state index in [9.17, 15) is 14.4 Å². The van der Waals surface area contributed by atoms with Gasteiger partial charge in [-0.25, -0.2) is 4.79 Å². The minimum absolute atomic E-state index is 0.0141. The second kappa shape index (κ2) is 6.65. The standard InChI is InChI=1S/C21H23N3O5/c1-21(2)8-11-16(12(25)9-21)15(10-5-6-13(28-3)14(7-10)29-4)17-18(22-11)23-20(27)24-19(17)26/h5-7,15H,8-9H2,1-4H3,(H3,22,23,24,26,27)/t15-/m0/s1. The molecule has 2 heterocycles. The number of H-pyrrole nitrogens is 2. The van der Waals surface area contributed by atoms with E-state index in [1.165, 1.54) is 7.11 Å². The van der Waals surface area contributed by atoms with Crippen LogP contribution in [-0.2, 0) is 4.79 Å². The van der Waals surface area contributed by atoms with Crippen molar-refractivity contribution in [2.24, 2.45) is 5.41 Å². The molecule has 152 valence electrons. The molecule has 0 unspecified atom stereocenters. The van der Waals surface area contributed by atoms with Gasteiger partial charge in [-0.15, -0.1) is 0 Å². The van der Waals surface area contributed by atoms with Crippen LogP contribution in [0.1, 0.15) is 43.7 Å². The molecule has 0 radical (unpaired) electrons. The normalized spacial score (nSPS) is 19.9. The summed E-state index contributed by atoms with van der Waals surface area (Å²) in [7, 11) is 3.07. The highest BCUT2D eigenvalue weighted by atomic mass is 16.5. The summed E-state index contributed by atoms with van der Waals surface area (Å²) >= 11 is 0. The predicted molar refractivity (Wildman–Crippen MR) is 108 cm³/mol. The number of ketones is 1. The van der Waals surface area contributed by atoms with Crippen molar-refractivity contribution in [2.75, 3.05) is 19.5 Å². The number of rotatable bonds is 3. The lowest BCUT2D eigenvalue weighted by Crippen LogP contribution is -2.38. The van der Waals surface area contributed by atoms with Gasteiger partial charge in [-0.05, 0) is 29.5 Å². The third-order valence-electron chi connectivity index (χ3n) is 5.49. The second-order valence-corrected chi connectivity index (χ2v) is 8.20. The van der Waals surface area contributed by atoms with Crippen LogP contribution in [0.3, 0.4) is 0 Å². The summed E-state index contributed by atoms with van der Waals surface area (Å²) < 4.78 is 10.7. The Hall–Kier alpha value is -3.29. The molecule has 29 heavy (non-hydrogen) atoms. The number of hydrogen-bond donors (Lipinski definition) is 3. The van der Waals surface area contributed by atoms with Crippen molar-refractivity contribution in [1.29, 1.82) is 0 Å². The van der Waals surface area contributed by atoms with Gasteiger partial charge in [0.25, 0.3) is 5.56 Å². The van der Waals surface area contributed by atoms with Crippen molar-refractivity contribution in [3.63, 3.8) is 0 Å². The molecule has 8 heteroatoms. The third kappa shape index (κ3) is 3.14. The maximum Gasteiger partial charge on any atom is 0.327 e. The fourth-order valence-corrected chi connectivity index (χ4v) is 4.31. The van der Waals surface area contributed by atoms with Crippen LogP contribution in [0.15, 0.2) is 39.1 Å². The van der Waals surface area contributed by atoms with Gasteiger partial charge in [0.1, 0.15) is 5.82 Å². The van der Waals surface area contributed by atoms with E-state index in [1.54, 1.807) is 19.2 Å². The highest BCUT2D eigenvalue weighted by Crippen LogP contribution is 2.48. The Morgan fingerprint density at radius 3 is 2.41 bits per heavy atom. The van der Waals surface area contributed by atoms with Crippen LogP contribution in [0.25, 0.3) is 0 Å². The molecule has 0 amide bonds. The van der Waals surface area contributed by atoms with Gasteiger partial charge in [0.05, 0.1) is 19.8 Å². The molecule has 1 atom stereocenters. The van der Waals surface area contributed by atoms with Crippen LogP contribution in [0.4, 0.5) is 5.82 Å². The molecular weight excluding hydrogens is 374 g/mol. The van der Waals surface area contributed by atoms with E-state index in [0.29, 0.717) is 46.9 Å². The molecule has 0 bridgehead atoms. The second-order valence-electron chi connectivity index (χ2n) is 8.20. The van der Waals surface area contributed by atoms with E-state index in [1.807, 2.05) is 19.9 Å². The summed E-state index contributed by atoms with van der Waals surface area (Å²) in [5.41, 5.74) is 0.968. The molecule has 3 N–H and O–H groups in total. The lowest BCUT2D eigenvalue weighted by Gasteiger charge is -2.38. The largest absolute Gasteiger partial charge is 0.493 e. The Labute approximate surface area is 167 Å². The molecule has 1 aromatic carbocycles. The predicted octanol–water partition coefficient (Wildman–Crippen LogP) is 2.28. The van der Waals surface area contributed by atoms with Crippen molar-refractivity contribution in [1.82, 2.24) is 9.97 Å². The molecule has 0 saturated carbocycles. The Kier molecular flexibility index (Phi) is 4.37. The average molecular weight is 397 g/mol. The molecule has 0 spiro atoms. The molecule has 4 rings (SSSR count). The van der Waals surface area contributed by atoms with Gasteiger partial charge in [0.15, 0.2) is 17.3 Å². The van der Waals surface area contributed by atoms with Gasteiger partial charge in [-0.1, -0.05) is 19.9 Å². The number of ether oxygens (including phenoxy) is 2. The molecule has 0 fully saturated rings. The van der Waals surface area contributed by atoms with Crippen LogP contribution in [0.5, 0.6) is 11.5 Å². The first-order chi connectivity index (χ1) is 13.7. The van der Waals surface area contributed by atoms with Gasteiger partial charge in [0, 0.05) is 23.6 Å². The zero-order valence-corrected chi connectivity index (χ0v) is 16.8. The first-order valence-electron chi connectivity index (χ1n) is 9.36. The smallest absolute Gasteiger partial charge is 0.327 e. The van der Waals surface area contributed by atoms with E-state index in [4.69, 9.17) is 9.47 Å². The van der Waals surface area contributed by atoms with Crippen molar-refractivity contribution < 1.29 is 14.3 Å². The number of carbonyl (C=O) groups is 1. The Bertz CT molecular complexity index is 1160. The monoisotopic (exact) mass is 397 g/mol. The average Bonchev–Trinajstić information content (AvgIpc) is 2.64. The van der Waals surface area contributed by atoms with Crippen LogP contribution < -0.4 is 26.0 Å². The van der Waals surface area contributed by atoms with Crippen LogP contribution in [0.2, 0.25) is 0 Å². The summed E-state index contributed by atoms with van der Waals surface area (Å²) in [6.07, 6.45) is 1.01. The van der Waals surface area contributed by atoms with E-state index < -0.39 is 17.2 Å². The maximum absolute atomic E-state index is 13.2. The summed E-state index contributed by atoms with van der Waals surface area (Å²) in [4.78, 5) is 42.7. The van der Waals surface area contributed by atoms with E-state index in [2.05, 4.69) is 15.3 Å².